The molecule has 1 aliphatic heterocycles. The van der Waals surface area contributed by atoms with Crippen LogP contribution in [0.15, 0.2) is 0 Å². The van der Waals surface area contributed by atoms with E-state index in [-0.39, 0.29) is 6.10 Å². The van der Waals surface area contributed by atoms with E-state index < -0.39 is 0 Å². The minimum absolute atomic E-state index is 0.142. The molecule has 0 aliphatic carbocycles. The lowest BCUT2D eigenvalue weighted by Crippen LogP contribution is -2.37. The van der Waals surface area contributed by atoms with Crippen LogP contribution in [0, 0.1) is 5.92 Å². The largest absolute Gasteiger partial charge is 0.393 e. The molecular formula is C12H24N2OS. The highest BCUT2D eigenvalue weighted by Gasteiger charge is 2.21. The molecule has 1 fully saturated rings. The van der Waals surface area contributed by atoms with Gasteiger partial charge in [0.2, 0.25) is 0 Å². The summed E-state index contributed by atoms with van der Waals surface area (Å²) in [7, 11) is 0. The Labute approximate surface area is 104 Å². The third kappa shape index (κ3) is 5.23. The molecule has 4 heteroatoms. The number of likely N-dealkylation sites (tertiary alicyclic amines) is 1. The molecule has 0 radical (unpaired) electrons. The molecule has 94 valence electrons. The molecule has 16 heavy (non-hydrogen) atoms. The van der Waals surface area contributed by atoms with E-state index in [1.54, 1.807) is 0 Å². The summed E-state index contributed by atoms with van der Waals surface area (Å²) in [6.45, 7) is 5.31. The number of hydrogen-bond acceptors (Lipinski definition) is 3. The molecule has 1 saturated heterocycles. The van der Waals surface area contributed by atoms with Crippen molar-refractivity contribution in [3.63, 3.8) is 0 Å². The molecule has 1 unspecified atom stereocenters. The van der Waals surface area contributed by atoms with Crippen molar-refractivity contribution in [2.24, 2.45) is 11.7 Å². The fourth-order valence-corrected chi connectivity index (χ4v) is 2.44. The Bertz CT molecular complexity index is 213. The van der Waals surface area contributed by atoms with E-state index in [0.717, 1.165) is 45.3 Å². The van der Waals surface area contributed by atoms with Crippen LogP contribution in [0.5, 0.6) is 0 Å². The highest BCUT2D eigenvalue weighted by atomic mass is 32.1. The molecule has 1 aliphatic rings. The minimum Gasteiger partial charge on any atom is -0.393 e. The van der Waals surface area contributed by atoms with Gasteiger partial charge in [-0.25, -0.2) is 0 Å². The normalized spacial score (nSPS) is 20.9. The summed E-state index contributed by atoms with van der Waals surface area (Å²) in [6, 6.07) is 0. The van der Waals surface area contributed by atoms with Crippen molar-refractivity contribution in [2.45, 2.75) is 45.1 Å². The number of aliphatic hydroxyl groups is 1. The van der Waals surface area contributed by atoms with Crippen molar-refractivity contribution in [3.8, 4) is 0 Å². The number of thiocarbonyl (C=S) groups is 1. The van der Waals surface area contributed by atoms with Crippen molar-refractivity contribution in [1.82, 2.24) is 4.90 Å². The lowest BCUT2D eigenvalue weighted by Gasteiger charge is -2.33. The van der Waals surface area contributed by atoms with Crippen LogP contribution in [0.4, 0.5) is 0 Å². The van der Waals surface area contributed by atoms with Crippen LogP contribution in [0.2, 0.25) is 0 Å². The SMILES string of the molecule is CC(O)C1CCN(CCCCC(N)=S)CC1. The Balaban J connectivity index is 2.06. The Morgan fingerprint density at radius 3 is 2.56 bits per heavy atom. The summed E-state index contributed by atoms with van der Waals surface area (Å²) in [5, 5.41) is 9.49. The number of nitrogens with zero attached hydrogens (tertiary/aromatic N) is 1. The summed E-state index contributed by atoms with van der Waals surface area (Å²) < 4.78 is 0. The van der Waals surface area contributed by atoms with E-state index in [2.05, 4.69) is 4.90 Å². The number of piperidine rings is 1. The second-order valence-electron chi connectivity index (χ2n) is 4.84. The summed E-state index contributed by atoms with van der Waals surface area (Å²) in [4.78, 5) is 3.12. The topological polar surface area (TPSA) is 49.5 Å². The maximum atomic E-state index is 9.49. The number of hydrogen-bond donors (Lipinski definition) is 2. The molecule has 3 N–H and O–H groups in total. The molecule has 3 nitrogen and oxygen atoms in total. The minimum atomic E-state index is -0.142. The van der Waals surface area contributed by atoms with Gasteiger partial charge in [0, 0.05) is 0 Å². The van der Waals surface area contributed by atoms with Crippen LogP contribution in [-0.2, 0) is 0 Å². The number of aliphatic hydroxyl groups excluding tert-OH is 1. The average Bonchev–Trinajstić information content (AvgIpc) is 2.25. The Morgan fingerprint density at radius 2 is 2.06 bits per heavy atom. The molecule has 0 spiro atoms. The first kappa shape index (κ1) is 13.9. The Hall–Kier alpha value is -0.190. The van der Waals surface area contributed by atoms with Crippen LogP contribution in [0.3, 0.4) is 0 Å². The van der Waals surface area contributed by atoms with Gasteiger partial charge in [0.15, 0.2) is 0 Å². The maximum absolute atomic E-state index is 9.49. The van der Waals surface area contributed by atoms with Gasteiger partial charge in [-0.05, 0) is 64.6 Å². The second-order valence-corrected chi connectivity index (χ2v) is 5.37. The number of nitrogens with two attached hydrogens (primary N) is 1. The van der Waals surface area contributed by atoms with Crippen molar-refractivity contribution in [2.75, 3.05) is 19.6 Å². The molecule has 0 bridgehead atoms. The van der Waals surface area contributed by atoms with Gasteiger partial charge in [-0.3, -0.25) is 0 Å². The van der Waals surface area contributed by atoms with Crippen LogP contribution in [0.1, 0.15) is 39.0 Å². The van der Waals surface area contributed by atoms with Gasteiger partial charge in [-0.2, -0.15) is 0 Å². The third-order valence-corrected chi connectivity index (χ3v) is 3.67. The summed E-state index contributed by atoms with van der Waals surface area (Å²) >= 11 is 4.85. The molecule has 1 heterocycles. The molecule has 1 rings (SSSR count). The first-order valence-electron chi connectivity index (χ1n) is 6.28. The van der Waals surface area contributed by atoms with E-state index in [4.69, 9.17) is 18.0 Å². The third-order valence-electron chi connectivity index (χ3n) is 3.46. The van der Waals surface area contributed by atoms with E-state index in [0.29, 0.717) is 10.9 Å². The van der Waals surface area contributed by atoms with Crippen molar-refractivity contribution in [1.29, 1.82) is 0 Å². The second kappa shape index (κ2) is 7.20. The van der Waals surface area contributed by atoms with E-state index in [9.17, 15) is 5.11 Å². The van der Waals surface area contributed by atoms with Gasteiger partial charge >= 0.3 is 0 Å². The molecule has 0 amide bonds. The highest BCUT2D eigenvalue weighted by molar-refractivity contribution is 7.80. The fourth-order valence-electron chi connectivity index (χ4n) is 2.29. The standard InChI is InChI=1S/C12H24N2OS/c1-10(15)11-5-8-14(9-6-11)7-3-2-4-12(13)16/h10-11,15H,2-9H2,1H3,(H2,13,16). The zero-order chi connectivity index (χ0) is 12.0. The lowest BCUT2D eigenvalue weighted by atomic mass is 9.92. The monoisotopic (exact) mass is 244 g/mol. The van der Waals surface area contributed by atoms with Crippen molar-refractivity contribution in [3.05, 3.63) is 0 Å². The van der Waals surface area contributed by atoms with Crippen LogP contribution >= 0.6 is 12.2 Å². The summed E-state index contributed by atoms with van der Waals surface area (Å²) in [5.41, 5.74) is 5.45. The first-order chi connectivity index (χ1) is 7.59. The smallest absolute Gasteiger partial charge is 0.0727 e. The van der Waals surface area contributed by atoms with Gasteiger partial charge in [0.1, 0.15) is 0 Å². The van der Waals surface area contributed by atoms with Crippen molar-refractivity contribution >= 4 is 17.2 Å². The Kier molecular flexibility index (Phi) is 6.24. The summed E-state index contributed by atoms with van der Waals surface area (Å²) in [6.07, 6.45) is 5.28. The molecule has 1 atom stereocenters. The fraction of sp³-hybridized carbons (Fsp3) is 0.917. The quantitative estimate of drug-likeness (QED) is 0.549. The average molecular weight is 244 g/mol. The zero-order valence-corrected chi connectivity index (χ0v) is 11.0. The predicted molar refractivity (Wildman–Crippen MR) is 71.5 cm³/mol. The summed E-state index contributed by atoms with van der Waals surface area (Å²) in [5.74, 6) is 0.507. The van der Waals surface area contributed by atoms with Gasteiger partial charge in [-0.1, -0.05) is 12.2 Å². The number of rotatable bonds is 6. The predicted octanol–water partition coefficient (Wildman–Crippen LogP) is 1.54. The van der Waals surface area contributed by atoms with E-state index in [1.807, 2.05) is 6.92 Å². The van der Waals surface area contributed by atoms with Gasteiger partial charge < -0.3 is 15.7 Å². The van der Waals surface area contributed by atoms with Gasteiger partial charge in [0.25, 0.3) is 0 Å². The lowest BCUT2D eigenvalue weighted by molar-refractivity contribution is 0.0714. The first-order valence-corrected chi connectivity index (χ1v) is 6.69. The molecule has 0 aromatic rings. The highest BCUT2D eigenvalue weighted by Crippen LogP contribution is 2.20. The van der Waals surface area contributed by atoms with Gasteiger partial charge in [-0.15, -0.1) is 0 Å². The van der Waals surface area contributed by atoms with Crippen LogP contribution < -0.4 is 5.73 Å². The molecule has 0 aromatic heterocycles. The van der Waals surface area contributed by atoms with Crippen LogP contribution in [-0.4, -0.2) is 40.7 Å². The molecule has 0 saturated carbocycles. The van der Waals surface area contributed by atoms with Gasteiger partial charge in [0.05, 0.1) is 11.1 Å². The number of unbranched alkanes of at least 4 members (excludes halogenated alkanes) is 1. The van der Waals surface area contributed by atoms with Crippen molar-refractivity contribution < 1.29 is 5.11 Å². The molecule has 0 aromatic carbocycles. The zero-order valence-electron chi connectivity index (χ0n) is 10.2. The van der Waals surface area contributed by atoms with Crippen LogP contribution in [0.25, 0.3) is 0 Å². The Morgan fingerprint density at radius 1 is 1.44 bits per heavy atom. The molecular weight excluding hydrogens is 220 g/mol. The van der Waals surface area contributed by atoms with E-state index in [1.165, 1.54) is 6.42 Å². The van der Waals surface area contributed by atoms with E-state index >= 15 is 0 Å². The maximum Gasteiger partial charge on any atom is 0.0727 e.